The number of esters is 1. The lowest BCUT2D eigenvalue weighted by molar-refractivity contribution is -0.194. The molecule has 7 heteroatoms. The Balaban J connectivity index is 1.50. The van der Waals surface area contributed by atoms with Gasteiger partial charge in [-0.25, -0.2) is 0 Å². The van der Waals surface area contributed by atoms with Crippen molar-refractivity contribution in [1.29, 1.82) is 0 Å². The van der Waals surface area contributed by atoms with Crippen LogP contribution in [-0.2, 0) is 23.9 Å². The number of carboxylic acids is 1. The molecular weight excluding hydrogens is 544 g/mol. The van der Waals surface area contributed by atoms with Gasteiger partial charge >= 0.3 is 11.9 Å². The van der Waals surface area contributed by atoms with Crippen molar-refractivity contribution in [2.24, 2.45) is 62.1 Å². The van der Waals surface area contributed by atoms with Gasteiger partial charge in [0, 0.05) is 18.3 Å². The standard InChI is InChI=1S/C36H54O7/c1-31(2)22(25(38)17-21(20-37)29(40)43-8)9-11-34(5)27(31)10-12-36(7)28(34)26(39)18-23-24-19-33(4,30(41)42)14-13-32(24,3)15-16-35(23,36)6/h18,21-22,24,27-28,37H,9-17,19-20H2,1-8H3,(H,41,42)/t21-,22+,24-,27-,28+,32+,33-,34-,35+,36+/m0/s1. The molecule has 2 N–H and O–H groups in total. The highest BCUT2D eigenvalue weighted by Gasteiger charge is 2.70. The summed E-state index contributed by atoms with van der Waals surface area (Å²) in [6, 6.07) is 0. The average molecular weight is 599 g/mol. The Morgan fingerprint density at radius 2 is 1.60 bits per heavy atom. The number of rotatable bonds is 6. The second-order valence-electron chi connectivity index (χ2n) is 17.0. The highest BCUT2D eigenvalue weighted by Crippen LogP contribution is 2.75. The van der Waals surface area contributed by atoms with Crippen molar-refractivity contribution in [1.82, 2.24) is 0 Å². The molecule has 5 aliphatic carbocycles. The van der Waals surface area contributed by atoms with Gasteiger partial charge < -0.3 is 14.9 Å². The number of allylic oxidation sites excluding steroid dienone is 2. The van der Waals surface area contributed by atoms with E-state index in [2.05, 4.69) is 41.5 Å². The quantitative estimate of drug-likeness (QED) is 0.339. The minimum Gasteiger partial charge on any atom is -0.481 e. The average Bonchev–Trinajstić information content (AvgIpc) is 2.92. The van der Waals surface area contributed by atoms with Gasteiger partial charge in [0.2, 0.25) is 0 Å². The van der Waals surface area contributed by atoms with Crippen LogP contribution in [0.25, 0.3) is 0 Å². The lowest BCUT2D eigenvalue weighted by atomic mass is 9.33. The Morgan fingerprint density at radius 1 is 0.953 bits per heavy atom. The number of Topliss-reactive ketones (excluding diaryl/α,β-unsaturated/α-hetero) is 1. The maximum atomic E-state index is 14.5. The number of carbonyl (C=O) groups is 4. The van der Waals surface area contributed by atoms with Crippen LogP contribution in [0.5, 0.6) is 0 Å². The Morgan fingerprint density at radius 3 is 2.21 bits per heavy atom. The number of aliphatic hydroxyl groups excluding tert-OH is 1. The molecule has 0 saturated heterocycles. The van der Waals surface area contributed by atoms with E-state index in [-0.39, 0.29) is 68.7 Å². The number of aliphatic carboxylic acids is 1. The summed E-state index contributed by atoms with van der Waals surface area (Å²) in [4.78, 5) is 52.7. The van der Waals surface area contributed by atoms with Crippen molar-refractivity contribution < 1.29 is 34.1 Å². The number of hydrogen-bond acceptors (Lipinski definition) is 6. The number of carboxylic acid groups (broad SMARTS) is 1. The van der Waals surface area contributed by atoms with E-state index in [4.69, 9.17) is 4.74 Å². The van der Waals surface area contributed by atoms with Gasteiger partial charge in [0.15, 0.2) is 5.78 Å². The van der Waals surface area contributed by atoms with Crippen molar-refractivity contribution in [3.63, 3.8) is 0 Å². The van der Waals surface area contributed by atoms with Gasteiger partial charge in [-0.15, -0.1) is 0 Å². The lowest BCUT2D eigenvalue weighted by Gasteiger charge is -2.70. The van der Waals surface area contributed by atoms with Crippen LogP contribution >= 0.6 is 0 Å². The van der Waals surface area contributed by atoms with E-state index in [0.29, 0.717) is 19.3 Å². The van der Waals surface area contributed by atoms with Crippen molar-refractivity contribution in [3.05, 3.63) is 11.6 Å². The molecule has 0 aromatic heterocycles. The zero-order chi connectivity index (χ0) is 32.0. The van der Waals surface area contributed by atoms with Crippen LogP contribution in [0.15, 0.2) is 11.6 Å². The van der Waals surface area contributed by atoms with Crippen molar-refractivity contribution >= 4 is 23.5 Å². The molecule has 0 bridgehead atoms. The summed E-state index contributed by atoms with van der Waals surface area (Å²) < 4.78 is 4.82. The predicted molar refractivity (Wildman–Crippen MR) is 163 cm³/mol. The zero-order valence-corrected chi connectivity index (χ0v) is 27.7. The van der Waals surface area contributed by atoms with Crippen LogP contribution in [-0.4, -0.2) is 47.4 Å². The van der Waals surface area contributed by atoms with Gasteiger partial charge in [-0.05, 0) is 110 Å². The molecule has 0 aromatic carbocycles. The van der Waals surface area contributed by atoms with Gasteiger partial charge in [0.1, 0.15) is 5.78 Å². The van der Waals surface area contributed by atoms with Crippen LogP contribution in [0.2, 0.25) is 0 Å². The predicted octanol–water partition coefficient (Wildman–Crippen LogP) is 6.41. The van der Waals surface area contributed by atoms with E-state index >= 15 is 0 Å². The molecule has 7 nitrogen and oxygen atoms in total. The first-order valence-corrected chi connectivity index (χ1v) is 16.6. The van der Waals surface area contributed by atoms with Gasteiger partial charge in [0.05, 0.1) is 25.0 Å². The van der Waals surface area contributed by atoms with E-state index in [1.54, 1.807) is 0 Å². The van der Waals surface area contributed by atoms with Gasteiger partial charge in [-0.3, -0.25) is 19.2 Å². The van der Waals surface area contributed by atoms with Crippen molar-refractivity contribution in [2.45, 2.75) is 113 Å². The third-order valence-electron chi connectivity index (χ3n) is 14.7. The molecule has 4 saturated carbocycles. The van der Waals surface area contributed by atoms with Gasteiger partial charge in [0.25, 0.3) is 0 Å². The zero-order valence-electron chi connectivity index (χ0n) is 27.7. The smallest absolute Gasteiger partial charge is 0.311 e. The molecule has 0 unspecified atom stereocenters. The fraction of sp³-hybridized carbons (Fsp3) is 0.833. The SMILES string of the molecule is COC(=O)[C@H](CO)CC(=O)[C@H]1CC[C@]2(C)[C@H]3C(=O)C=C4[C@@H]5C[C@@](C)(C(=O)O)CC[C@]5(C)CC[C@@]4(C)[C@]3(C)CC[C@H]2C1(C)C. The first-order valence-electron chi connectivity index (χ1n) is 16.6. The van der Waals surface area contributed by atoms with E-state index in [1.807, 2.05) is 13.0 Å². The molecule has 4 fully saturated rings. The normalized spacial score (nSPS) is 45.8. The highest BCUT2D eigenvalue weighted by atomic mass is 16.5. The van der Waals surface area contributed by atoms with Crippen LogP contribution in [0, 0.1) is 62.1 Å². The summed E-state index contributed by atoms with van der Waals surface area (Å²) in [7, 11) is 1.28. The summed E-state index contributed by atoms with van der Waals surface area (Å²) in [6.45, 7) is 15.1. The molecule has 0 aromatic rings. The molecule has 0 heterocycles. The second kappa shape index (κ2) is 10.3. The van der Waals surface area contributed by atoms with Crippen molar-refractivity contribution in [3.8, 4) is 0 Å². The molecule has 0 spiro atoms. The first-order chi connectivity index (χ1) is 19.8. The second-order valence-corrected chi connectivity index (χ2v) is 17.0. The lowest BCUT2D eigenvalue weighted by Crippen LogP contribution is -2.66. The summed E-state index contributed by atoms with van der Waals surface area (Å²) >= 11 is 0. The summed E-state index contributed by atoms with van der Waals surface area (Å²) in [6.07, 6.45) is 9.39. The van der Waals surface area contributed by atoms with E-state index < -0.39 is 29.9 Å². The van der Waals surface area contributed by atoms with E-state index in [9.17, 15) is 29.4 Å². The number of ether oxygens (including phenoxy) is 1. The third-order valence-corrected chi connectivity index (χ3v) is 14.7. The Hall–Kier alpha value is -2.02. The fourth-order valence-corrected chi connectivity index (χ4v) is 11.7. The van der Waals surface area contributed by atoms with Crippen LogP contribution < -0.4 is 0 Å². The number of ketones is 2. The first kappa shape index (κ1) is 32.4. The number of fused-ring (bicyclic) bond motifs is 7. The van der Waals surface area contributed by atoms with E-state index in [1.165, 1.54) is 12.7 Å². The maximum absolute atomic E-state index is 14.5. The van der Waals surface area contributed by atoms with Crippen LogP contribution in [0.1, 0.15) is 113 Å². The molecule has 10 atom stereocenters. The van der Waals surface area contributed by atoms with Gasteiger partial charge in [-0.1, -0.05) is 47.1 Å². The van der Waals surface area contributed by atoms with Crippen molar-refractivity contribution in [2.75, 3.05) is 13.7 Å². The largest absolute Gasteiger partial charge is 0.481 e. The molecule has 240 valence electrons. The summed E-state index contributed by atoms with van der Waals surface area (Å²) in [5, 5.41) is 19.9. The van der Waals surface area contributed by atoms with Crippen LogP contribution in [0.4, 0.5) is 0 Å². The van der Waals surface area contributed by atoms with Gasteiger partial charge in [-0.2, -0.15) is 0 Å². The van der Waals surface area contributed by atoms with E-state index in [0.717, 1.165) is 38.5 Å². The number of methoxy groups -OCH3 is 1. The maximum Gasteiger partial charge on any atom is 0.311 e. The minimum absolute atomic E-state index is 0.000654. The fourth-order valence-electron chi connectivity index (χ4n) is 11.7. The Labute approximate surface area is 257 Å². The minimum atomic E-state index is -0.848. The molecule has 0 aliphatic heterocycles. The third kappa shape index (κ3) is 4.44. The molecule has 0 amide bonds. The summed E-state index contributed by atoms with van der Waals surface area (Å²) in [5.41, 5.74) is -0.640. The number of carbonyl (C=O) groups excluding carboxylic acids is 3. The molecular formula is C36H54O7. The summed E-state index contributed by atoms with van der Waals surface area (Å²) in [5.74, 6) is -2.11. The Bertz CT molecular complexity index is 1250. The molecule has 5 rings (SSSR count). The Kier molecular flexibility index (Phi) is 7.72. The molecule has 0 radical (unpaired) electrons. The number of hydrogen-bond donors (Lipinski definition) is 2. The topological polar surface area (TPSA) is 118 Å². The highest BCUT2D eigenvalue weighted by molar-refractivity contribution is 5.96. The molecule has 43 heavy (non-hydrogen) atoms. The molecule has 5 aliphatic rings. The number of aliphatic hydroxyl groups is 1. The van der Waals surface area contributed by atoms with Crippen LogP contribution in [0.3, 0.4) is 0 Å². The monoisotopic (exact) mass is 598 g/mol.